The fourth-order valence-corrected chi connectivity index (χ4v) is 5.17. The lowest BCUT2D eigenvalue weighted by molar-refractivity contribution is -0.385. The molecule has 2 heterocycles. The van der Waals surface area contributed by atoms with Crippen LogP contribution in [-0.2, 0) is 30.1 Å². The van der Waals surface area contributed by atoms with E-state index in [1.165, 1.54) is 29.5 Å². The number of rotatable bonds is 8. The van der Waals surface area contributed by atoms with Gasteiger partial charge < -0.3 is 9.47 Å². The van der Waals surface area contributed by atoms with Crippen LogP contribution in [0.3, 0.4) is 0 Å². The lowest BCUT2D eigenvalue weighted by atomic mass is 10.1. The molecular weight excluding hydrogens is 466 g/mol. The fourth-order valence-electron chi connectivity index (χ4n) is 4.18. The molecule has 3 aromatic carbocycles. The summed E-state index contributed by atoms with van der Waals surface area (Å²) in [7, 11) is 0. The molecule has 0 spiro atoms. The van der Waals surface area contributed by atoms with E-state index in [1.54, 1.807) is 10.6 Å². The molecule has 0 amide bonds. The van der Waals surface area contributed by atoms with Crippen molar-refractivity contribution in [2.45, 2.75) is 36.9 Å². The third kappa shape index (κ3) is 5.06. The number of nitro groups is 1. The van der Waals surface area contributed by atoms with Crippen LogP contribution in [0.2, 0.25) is 0 Å². The Labute approximate surface area is 205 Å². The van der Waals surface area contributed by atoms with Crippen molar-refractivity contribution in [1.29, 1.82) is 0 Å². The summed E-state index contributed by atoms with van der Waals surface area (Å²) in [5.74, 6) is 0.973. The second-order valence-electron chi connectivity index (χ2n) is 8.21. The summed E-state index contributed by atoms with van der Waals surface area (Å²) < 4.78 is 12.7. The Hall–Kier alpha value is -3.69. The highest BCUT2D eigenvalue weighted by Crippen LogP contribution is 2.36. The van der Waals surface area contributed by atoms with Crippen LogP contribution in [0.5, 0.6) is 5.75 Å². The third-order valence-corrected chi connectivity index (χ3v) is 6.88. The van der Waals surface area contributed by atoms with E-state index >= 15 is 0 Å². The molecule has 178 valence electrons. The molecule has 4 aromatic rings. The van der Waals surface area contributed by atoms with Crippen molar-refractivity contribution < 1.29 is 14.4 Å². The van der Waals surface area contributed by atoms with Gasteiger partial charge in [0.1, 0.15) is 5.75 Å². The molecule has 0 saturated heterocycles. The average molecular weight is 490 g/mol. The lowest BCUT2D eigenvalue weighted by Crippen LogP contribution is -2.23. The molecule has 0 fully saturated rings. The molecule has 35 heavy (non-hydrogen) atoms. The van der Waals surface area contributed by atoms with E-state index in [9.17, 15) is 14.9 Å². The second-order valence-corrected chi connectivity index (χ2v) is 9.15. The van der Waals surface area contributed by atoms with Gasteiger partial charge in [0.25, 0.3) is 11.2 Å². The molecule has 0 aliphatic carbocycles. The van der Waals surface area contributed by atoms with E-state index in [0.29, 0.717) is 45.2 Å². The molecule has 1 aliphatic heterocycles. The smallest absolute Gasteiger partial charge is 0.270 e. The standard InChI is InChI=1S/C26H23N3O5S/c30-25-22-10-4-5-11-23(22)27-26(28(25)12-6-9-18-7-2-1-3-8-18)35-16-20-14-21(29(31)32)13-19-15-33-17-34-24(19)20/h1-5,7-8,10-11,13-14H,6,9,12,15-17H2. The van der Waals surface area contributed by atoms with Crippen molar-refractivity contribution >= 4 is 28.4 Å². The van der Waals surface area contributed by atoms with Crippen molar-refractivity contribution in [3.63, 3.8) is 0 Å². The zero-order valence-corrected chi connectivity index (χ0v) is 19.7. The van der Waals surface area contributed by atoms with Crippen molar-refractivity contribution in [3.05, 3.63) is 104 Å². The van der Waals surface area contributed by atoms with Gasteiger partial charge in [0.05, 0.1) is 22.4 Å². The molecule has 8 nitrogen and oxygen atoms in total. The largest absolute Gasteiger partial charge is 0.467 e. The number of para-hydroxylation sites is 1. The zero-order valence-electron chi connectivity index (χ0n) is 18.9. The maximum absolute atomic E-state index is 13.4. The minimum Gasteiger partial charge on any atom is -0.467 e. The van der Waals surface area contributed by atoms with Gasteiger partial charge >= 0.3 is 0 Å². The van der Waals surface area contributed by atoms with E-state index in [4.69, 9.17) is 14.5 Å². The molecule has 1 aliphatic rings. The van der Waals surface area contributed by atoms with Gasteiger partial charge in [-0.1, -0.05) is 54.2 Å². The summed E-state index contributed by atoms with van der Waals surface area (Å²) >= 11 is 1.38. The normalized spacial score (nSPS) is 12.8. The van der Waals surface area contributed by atoms with Gasteiger partial charge in [-0.3, -0.25) is 19.5 Å². The number of nitro benzene ring substituents is 1. The van der Waals surface area contributed by atoms with E-state index in [0.717, 1.165) is 12.8 Å². The van der Waals surface area contributed by atoms with Crippen LogP contribution in [0.1, 0.15) is 23.1 Å². The predicted octanol–water partition coefficient (Wildman–Crippen LogP) is 5.10. The zero-order chi connectivity index (χ0) is 24.2. The van der Waals surface area contributed by atoms with Gasteiger partial charge in [0.2, 0.25) is 0 Å². The summed E-state index contributed by atoms with van der Waals surface area (Å²) in [5.41, 5.74) is 3.07. The van der Waals surface area contributed by atoms with E-state index in [-0.39, 0.29) is 24.6 Å². The summed E-state index contributed by atoms with van der Waals surface area (Å²) in [6, 6.07) is 20.5. The molecule has 1 aromatic heterocycles. The topological polar surface area (TPSA) is 96.5 Å². The molecule has 0 atom stereocenters. The second kappa shape index (κ2) is 10.3. The number of fused-ring (bicyclic) bond motifs is 2. The quantitative estimate of drug-likeness (QED) is 0.147. The van der Waals surface area contributed by atoms with Crippen LogP contribution in [0.15, 0.2) is 76.7 Å². The van der Waals surface area contributed by atoms with Crippen LogP contribution in [0.4, 0.5) is 5.69 Å². The maximum atomic E-state index is 13.4. The van der Waals surface area contributed by atoms with Gasteiger partial charge in [-0.25, -0.2) is 4.98 Å². The van der Waals surface area contributed by atoms with Crippen molar-refractivity contribution in [2.24, 2.45) is 0 Å². The highest BCUT2D eigenvalue weighted by atomic mass is 32.2. The number of hydrogen-bond donors (Lipinski definition) is 0. The third-order valence-electron chi connectivity index (χ3n) is 5.86. The van der Waals surface area contributed by atoms with Crippen molar-refractivity contribution in [1.82, 2.24) is 9.55 Å². The molecule has 0 radical (unpaired) electrons. The molecule has 0 saturated carbocycles. The van der Waals surface area contributed by atoms with Crippen LogP contribution >= 0.6 is 11.8 Å². The number of non-ortho nitro benzene ring substituents is 1. The maximum Gasteiger partial charge on any atom is 0.270 e. The number of ether oxygens (including phenoxy) is 2. The molecule has 5 rings (SSSR count). The molecule has 0 bridgehead atoms. The van der Waals surface area contributed by atoms with Crippen molar-refractivity contribution in [3.8, 4) is 5.75 Å². The Bertz CT molecular complexity index is 1440. The van der Waals surface area contributed by atoms with E-state index in [1.807, 2.05) is 36.4 Å². The monoisotopic (exact) mass is 489 g/mol. The van der Waals surface area contributed by atoms with E-state index in [2.05, 4.69) is 12.1 Å². The molecule has 9 heteroatoms. The Kier molecular flexibility index (Phi) is 6.78. The number of aromatic nitrogens is 2. The average Bonchev–Trinajstić information content (AvgIpc) is 2.89. The van der Waals surface area contributed by atoms with E-state index < -0.39 is 4.92 Å². The molecule has 0 unspecified atom stereocenters. The van der Waals surface area contributed by atoms with Gasteiger partial charge in [-0.2, -0.15) is 0 Å². The highest BCUT2D eigenvalue weighted by Gasteiger charge is 2.22. The number of thioether (sulfide) groups is 1. The number of hydrogen-bond acceptors (Lipinski definition) is 7. The minimum atomic E-state index is -0.420. The number of benzene rings is 3. The number of aryl methyl sites for hydroxylation is 1. The first-order valence-electron chi connectivity index (χ1n) is 11.3. The fraction of sp³-hybridized carbons (Fsp3) is 0.231. The Morgan fingerprint density at radius 3 is 2.71 bits per heavy atom. The van der Waals surface area contributed by atoms with Crippen LogP contribution in [0.25, 0.3) is 10.9 Å². The highest BCUT2D eigenvalue weighted by molar-refractivity contribution is 7.98. The van der Waals surface area contributed by atoms with Gasteiger partial charge in [-0.05, 0) is 30.5 Å². The molecular formula is C26H23N3O5S. The van der Waals surface area contributed by atoms with Gasteiger partial charge in [0.15, 0.2) is 11.9 Å². The number of nitrogens with zero attached hydrogens (tertiary/aromatic N) is 3. The Morgan fingerprint density at radius 1 is 1.09 bits per heavy atom. The van der Waals surface area contributed by atoms with Gasteiger partial charge in [0, 0.05) is 35.6 Å². The first-order chi connectivity index (χ1) is 17.1. The van der Waals surface area contributed by atoms with Crippen LogP contribution in [-0.4, -0.2) is 21.3 Å². The van der Waals surface area contributed by atoms with Gasteiger partial charge in [-0.15, -0.1) is 0 Å². The first kappa shape index (κ1) is 23.1. The summed E-state index contributed by atoms with van der Waals surface area (Å²) in [4.78, 5) is 29.2. The predicted molar refractivity (Wildman–Crippen MR) is 134 cm³/mol. The van der Waals surface area contributed by atoms with Crippen molar-refractivity contribution in [2.75, 3.05) is 6.79 Å². The summed E-state index contributed by atoms with van der Waals surface area (Å²) in [6.07, 6.45) is 1.63. The Balaban J connectivity index is 1.46. The Morgan fingerprint density at radius 2 is 1.89 bits per heavy atom. The lowest BCUT2D eigenvalue weighted by Gasteiger charge is -2.20. The first-order valence-corrected chi connectivity index (χ1v) is 12.3. The summed E-state index contributed by atoms with van der Waals surface area (Å²) in [6.45, 7) is 0.874. The minimum absolute atomic E-state index is 0.0137. The van der Waals surface area contributed by atoms with Crippen LogP contribution in [0, 0.1) is 10.1 Å². The molecule has 0 N–H and O–H groups in total. The SMILES string of the molecule is O=c1c2ccccc2nc(SCc2cc([N+](=O)[O-])cc3c2OCOC3)n1CCCc1ccccc1. The summed E-state index contributed by atoms with van der Waals surface area (Å²) in [5, 5.41) is 12.6. The van der Waals surface area contributed by atoms with Crippen LogP contribution < -0.4 is 10.3 Å².